The van der Waals surface area contributed by atoms with Crippen LogP contribution in [0.1, 0.15) is 5.56 Å². The predicted octanol–water partition coefficient (Wildman–Crippen LogP) is 3.43. The summed E-state index contributed by atoms with van der Waals surface area (Å²) in [7, 11) is 0. The van der Waals surface area contributed by atoms with Crippen molar-refractivity contribution in [3.63, 3.8) is 0 Å². The largest absolute Gasteiger partial charge is 0.490 e. The zero-order chi connectivity index (χ0) is 14.2. The van der Waals surface area contributed by atoms with E-state index in [4.69, 9.17) is 4.74 Å². The quantitative estimate of drug-likeness (QED) is 0.814. The third-order valence-electron chi connectivity index (χ3n) is 2.71. The van der Waals surface area contributed by atoms with Gasteiger partial charge in [-0.2, -0.15) is 0 Å². The Morgan fingerprint density at radius 3 is 2.45 bits per heavy atom. The van der Waals surface area contributed by atoms with E-state index in [2.05, 4.69) is 11.9 Å². The zero-order valence-electron chi connectivity index (χ0n) is 11.2. The average Bonchev–Trinajstić information content (AvgIpc) is 2.47. The summed E-state index contributed by atoms with van der Waals surface area (Å²) in [5.74, 6) is 0.724. The highest BCUT2D eigenvalue weighted by Gasteiger charge is 2.03. The molecule has 1 amide bonds. The Hall–Kier alpha value is -2.55. The van der Waals surface area contributed by atoms with Gasteiger partial charge in [-0.3, -0.25) is 4.79 Å². The van der Waals surface area contributed by atoms with Gasteiger partial charge in [0.25, 0.3) is 0 Å². The molecular formula is C17H17NO2. The second-order valence-electron chi connectivity index (χ2n) is 4.33. The molecule has 20 heavy (non-hydrogen) atoms. The molecule has 1 N–H and O–H groups in total. The van der Waals surface area contributed by atoms with Crippen LogP contribution in [0.15, 0.2) is 67.3 Å². The smallest absolute Gasteiger partial charge is 0.228 e. The summed E-state index contributed by atoms with van der Waals surface area (Å²) in [4.78, 5) is 11.9. The second-order valence-corrected chi connectivity index (χ2v) is 4.33. The van der Waals surface area contributed by atoms with E-state index in [0.29, 0.717) is 13.0 Å². The van der Waals surface area contributed by atoms with Crippen LogP contribution in [0, 0.1) is 0 Å². The van der Waals surface area contributed by atoms with Gasteiger partial charge in [-0.1, -0.05) is 43.0 Å². The van der Waals surface area contributed by atoms with Crippen molar-refractivity contribution in [1.29, 1.82) is 0 Å². The van der Waals surface area contributed by atoms with Crippen LogP contribution in [0.3, 0.4) is 0 Å². The Kier molecular flexibility index (Phi) is 4.95. The Labute approximate surface area is 118 Å². The number of carbonyl (C=O) groups excluding carboxylic acids is 1. The van der Waals surface area contributed by atoms with Crippen LogP contribution < -0.4 is 10.1 Å². The van der Waals surface area contributed by atoms with Gasteiger partial charge in [-0.05, 0) is 29.8 Å². The summed E-state index contributed by atoms with van der Waals surface area (Å²) in [6.45, 7) is 4.06. The van der Waals surface area contributed by atoms with Gasteiger partial charge in [0.1, 0.15) is 12.4 Å². The summed E-state index contributed by atoms with van der Waals surface area (Å²) < 4.78 is 5.38. The molecule has 102 valence electrons. The SMILES string of the molecule is C=CCOc1ccc(NC(=O)Cc2ccccc2)cc1. The molecule has 0 aliphatic heterocycles. The molecule has 0 aliphatic carbocycles. The molecule has 2 aromatic rings. The van der Waals surface area contributed by atoms with Gasteiger partial charge in [-0.25, -0.2) is 0 Å². The highest BCUT2D eigenvalue weighted by Crippen LogP contribution is 2.16. The van der Waals surface area contributed by atoms with Crippen LogP contribution in [0.2, 0.25) is 0 Å². The lowest BCUT2D eigenvalue weighted by atomic mass is 10.1. The average molecular weight is 267 g/mol. The maximum atomic E-state index is 11.9. The molecule has 0 spiro atoms. The van der Waals surface area contributed by atoms with Crippen molar-refractivity contribution in [3.05, 3.63) is 72.8 Å². The molecule has 0 aromatic heterocycles. The Bertz CT molecular complexity index is 561. The van der Waals surface area contributed by atoms with E-state index >= 15 is 0 Å². The van der Waals surface area contributed by atoms with E-state index < -0.39 is 0 Å². The minimum Gasteiger partial charge on any atom is -0.490 e. The fourth-order valence-corrected chi connectivity index (χ4v) is 1.78. The van der Waals surface area contributed by atoms with Gasteiger partial charge in [0.2, 0.25) is 5.91 Å². The fraction of sp³-hybridized carbons (Fsp3) is 0.118. The van der Waals surface area contributed by atoms with E-state index in [1.165, 1.54) is 0 Å². The van der Waals surface area contributed by atoms with E-state index in [9.17, 15) is 4.79 Å². The molecule has 0 saturated heterocycles. The van der Waals surface area contributed by atoms with Gasteiger partial charge >= 0.3 is 0 Å². The fourth-order valence-electron chi connectivity index (χ4n) is 1.78. The number of amides is 1. The summed E-state index contributed by atoms with van der Waals surface area (Å²) >= 11 is 0. The molecule has 2 aromatic carbocycles. The molecule has 0 atom stereocenters. The van der Waals surface area contributed by atoms with Crippen LogP contribution in [0.5, 0.6) is 5.75 Å². The lowest BCUT2D eigenvalue weighted by Gasteiger charge is -2.07. The molecule has 3 nitrogen and oxygen atoms in total. The van der Waals surface area contributed by atoms with Gasteiger partial charge in [0.05, 0.1) is 6.42 Å². The van der Waals surface area contributed by atoms with Crippen LogP contribution in [-0.4, -0.2) is 12.5 Å². The van der Waals surface area contributed by atoms with E-state index in [-0.39, 0.29) is 5.91 Å². The third-order valence-corrected chi connectivity index (χ3v) is 2.71. The number of anilines is 1. The lowest BCUT2D eigenvalue weighted by Crippen LogP contribution is -2.14. The summed E-state index contributed by atoms with van der Waals surface area (Å²) in [6.07, 6.45) is 2.06. The molecule has 3 heteroatoms. The van der Waals surface area contributed by atoms with Gasteiger partial charge in [0.15, 0.2) is 0 Å². The Morgan fingerprint density at radius 1 is 1.10 bits per heavy atom. The van der Waals surface area contributed by atoms with Crippen molar-refractivity contribution in [3.8, 4) is 5.75 Å². The number of rotatable bonds is 6. The van der Waals surface area contributed by atoms with E-state index in [0.717, 1.165) is 17.0 Å². The monoisotopic (exact) mass is 267 g/mol. The van der Waals surface area contributed by atoms with E-state index in [1.807, 2.05) is 54.6 Å². The third kappa shape index (κ3) is 4.28. The van der Waals surface area contributed by atoms with E-state index in [1.54, 1.807) is 6.08 Å². The van der Waals surface area contributed by atoms with Crippen molar-refractivity contribution >= 4 is 11.6 Å². The maximum Gasteiger partial charge on any atom is 0.228 e. The minimum absolute atomic E-state index is 0.0315. The maximum absolute atomic E-state index is 11.9. The number of ether oxygens (including phenoxy) is 1. The van der Waals surface area contributed by atoms with Gasteiger partial charge < -0.3 is 10.1 Å². The predicted molar refractivity (Wildman–Crippen MR) is 80.9 cm³/mol. The molecule has 0 unspecified atom stereocenters. The summed E-state index contributed by atoms with van der Waals surface area (Å²) in [5, 5.41) is 2.86. The standard InChI is InChI=1S/C17H17NO2/c1-2-12-20-16-10-8-15(9-11-16)18-17(19)13-14-6-4-3-5-7-14/h2-11H,1,12-13H2,(H,18,19). The number of carbonyl (C=O) groups is 1. The molecule has 0 aliphatic rings. The topological polar surface area (TPSA) is 38.3 Å². The van der Waals surface area contributed by atoms with Crippen LogP contribution in [0.4, 0.5) is 5.69 Å². The second kappa shape index (κ2) is 7.14. The first-order chi connectivity index (χ1) is 9.78. The number of hydrogen-bond donors (Lipinski definition) is 1. The highest BCUT2D eigenvalue weighted by atomic mass is 16.5. The van der Waals surface area contributed by atoms with Gasteiger partial charge in [0, 0.05) is 5.69 Å². The minimum atomic E-state index is -0.0315. The molecule has 0 radical (unpaired) electrons. The summed E-state index contributed by atoms with van der Waals surface area (Å²) in [5.41, 5.74) is 1.76. The highest BCUT2D eigenvalue weighted by molar-refractivity contribution is 5.92. The lowest BCUT2D eigenvalue weighted by molar-refractivity contribution is -0.115. The molecule has 0 bridgehead atoms. The Morgan fingerprint density at radius 2 is 1.80 bits per heavy atom. The van der Waals surface area contributed by atoms with Crippen molar-refractivity contribution in [2.45, 2.75) is 6.42 Å². The summed E-state index contributed by atoms with van der Waals surface area (Å²) in [6, 6.07) is 16.9. The zero-order valence-corrected chi connectivity index (χ0v) is 11.2. The van der Waals surface area contributed by atoms with Crippen molar-refractivity contribution in [2.24, 2.45) is 0 Å². The molecule has 0 fully saturated rings. The number of hydrogen-bond acceptors (Lipinski definition) is 2. The first-order valence-electron chi connectivity index (χ1n) is 6.45. The molecule has 0 saturated carbocycles. The number of benzene rings is 2. The van der Waals surface area contributed by atoms with Crippen LogP contribution >= 0.6 is 0 Å². The normalized spacial score (nSPS) is 9.80. The molecule has 2 rings (SSSR count). The Balaban J connectivity index is 1.89. The van der Waals surface area contributed by atoms with Crippen molar-refractivity contribution in [1.82, 2.24) is 0 Å². The molecular weight excluding hydrogens is 250 g/mol. The number of nitrogens with one attached hydrogen (secondary N) is 1. The van der Waals surface area contributed by atoms with Gasteiger partial charge in [-0.15, -0.1) is 0 Å². The molecule has 0 heterocycles. The first kappa shape index (κ1) is 13.9. The van der Waals surface area contributed by atoms with Crippen molar-refractivity contribution < 1.29 is 9.53 Å². The van der Waals surface area contributed by atoms with Crippen LogP contribution in [0.25, 0.3) is 0 Å². The van der Waals surface area contributed by atoms with Crippen molar-refractivity contribution in [2.75, 3.05) is 11.9 Å². The first-order valence-corrected chi connectivity index (χ1v) is 6.45. The van der Waals surface area contributed by atoms with Crippen LogP contribution in [-0.2, 0) is 11.2 Å².